The number of aromatic nitrogens is 4. The molecule has 148 valence electrons. The Labute approximate surface area is 166 Å². The van der Waals surface area contributed by atoms with Crippen LogP contribution in [0, 0.1) is 33.6 Å². The molecule has 0 atom stereocenters. The summed E-state index contributed by atoms with van der Waals surface area (Å²) < 4.78 is 3.87. The van der Waals surface area contributed by atoms with E-state index >= 15 is 0 Å². The number of aryl methyl sites for hydroxylation is 3. The average Bonchev–Trinajstić information content (AvgIpc) is 3.08. The second-order valence-corrected chi connectivity index (χ2v) is 7.81. The Morgan fingerprint density at radius 1 is 1.11 bits per heavy atom. The molecular formula is C22H29N5O. The summed E-state index contributed by atoms with van der Waals surface area (Å²) in [5.41, 5.74) is 6.58. The van der Waals surface area contributed by atoms with E-state index in [9.17, 15) is 4.79 Å². The first-order valence-electron chi connectivity index (χ1n) is 9.71. The molecule has 0 radical (unpaired) electrons. The maximum Gasteiger partial charge on any atom is 0.228 e. The SMILES string of the molecule is Cc1cc(C)n(-c2ccccc2NC(=O)Cc2c(C)nn(CC(C)C)c2C)n1. The normalized spacial score (nSPS) is 11.2. The van der Waals surface area contributed by atoms with E-state index in [2.05, 4.69) is 29.4 Å². The molecule has 0 unspecified atom stereocenters. The van der Waals surface area contributed by atoms with E-state index in [1.807, 2.05) is 67.4 Å². The quantitative estimate of drug-likeness (QED) is 0.700. The molecule has 0 aliphatic carbocycles. The van der Waals surface area contributed by atoms with Crippen LogP contribution >= 0.6 is 0 Å². The van der Waals surface area contributed by atoms with Crippen molar-refractivity contribution >= 4 is 11.6 Å². The summed E-state index contributed by atoms with van der Waals surface area (Å²) in [5, 5.41) is 12.2. The number of carbonyl (C=O) groups is 1. The molecule has 2 aromatic heterocycles. The fourth-order valence-electron chi connectivity index (χ4n) is 3.51. The van der Waals surface area contributed by atoms with Gasteiger partial charge in [-0.05, 0) is 51.8 Å². The van der Waals surface area contributed by atoms with Gasteiger partial charge in [0.2, 0.25) is 5.91 Å². The van der Waals surface area contributed by atoms with Gasteiger partial charge in [0.05, 0.1) is 29.2 Å². The van der Waals surface area contributed by atoms with E-state index in [0.717, 1.165) is 46.3 Å². The molecule has 1 amide bonds. The van der Waals surface area contributed by atoms with Gasteiger partial charge >= 0.3 is 0 Å². The first-order chi connectivity index (χ1) is 13.3. The highest BCUT2D eigenvalue weighted by atomic mass is 16.1. The van der Waals surface area contributed by atoms with Crippen molar-refractivity contribution < 1.29 is 4.79 Å². The zero-order valence-electron chi connectivity index (χ0n) is 17.6. The van der Waals surface area contributed by atoms with Crippen LogP contribution in [0.25, 0.3) is 5.69 Å². The number of rotatable bonds is 6. The van der Waals surface area contributed by atoms with E-state index < -0.39 is 0 Å². The third-order valence-electron chi connectivity index (χ3n) is 4.82. The predicted molar refractivity (Wildman–Crippen MR) is 112 cm³/mol. The van der Waals surface area contributed by atoms with E-state index in [4.69, 9.17) is 0 Å². The van der Waals surface area contributed by atoms with Crippen LogP contribution in [-0.4, -0.2) is 25.5 Å². The van der Waals surface area contributed by atoms with Crippen molar-refractivity contribution in [3.63, 3.8) is 0 Å². The van der Waals surface area contributed by atoms with Crippen LogP contribution in [0.5, 0.6) is 0 Å². The number of nitrogens with one attached hydrogen (secondary N) is 1. The summed E-state index contributed by atoms with van der Waals surface area (Å²) in [5.74, 6) is 0.455. The van der Waals surface area contributed by atoms with Gasteiger partial charge in [0.15, 0.2) is 0 Å². The van der Waals surface area contributed by atoms with Crippen molar-refractivity contribution in [2.75, 3.05) is 5.32 Å². The van der Waals surface area contributed by atoms with Gasteiger partial charge in [0.25, 0.3) is 0 Å². The minimum atomic E-state index is -0.0516. The van der Waals surface area contributed by atoms with Crippen LogP contribution < -0.4 is 5.32 Å². The molecule has 0 spiro atoms. The number of hydrogen-bond donors (Lipinski definition) is 1. The number of carbonyl (C=O) groups excluding carboxylic acids is 1. The molecule has 6 nitrogen and oxygen atoms in total. The van der Waals surface area contributed by atoms with Crippen molar-refractivity contribution in [3.8, 4) is 5.69 Å². The number of amides is 1. The lowest BCUT2D eigenvalue weighted by atomic mass is 10.1. The third kappa shape index (κ3) is 4.16. The molecule has 0 saturated carbocycles. The highest BCUT2D eigenvalue weighted by molar-refractivity contribution is 5.94. The van der Waals surface area contributed by atoms with Crippen molar-refractivity contribution in [1.29, 1.82) is 0 Å². The number of nitrogens with zero attached hydrogens (tertiary/aromatic N) is 4. The second kappa shape index (κ2) is 8.00. The van der Waals surface area contributed by atoms with Gasteiger partial charge < -0.3 is 5.32 Å². The van der Waals surface area contributed by atoms with Gasteiger partial charge in [-0.15, -0.1) is 0 Å². The van der Waals surface area contributed by atoms with Gasteiger partial charge in [0, 0.05) is 23.5 Å². The van der Waals surface area contributed by atoms with E-state index in [1.165, 1.54) is 0 Å². The Bertz CT molecular complexity index is 997. The Kier molecular flexibility index (Phi) is 5.68. The zero-order chi connectivity index (χ0) is 20.4. The van der Waals surface area contributed by atoms with Crippen LogP contribution in [0.3, 0.4) is 0 Å². The molecule has 0 bridgehead atoms. The molecule has 0 aliphatic heterocycles. The standard InChI is InChI=1S/C22H29N5O/c1-14(2)13-26-18(6)19(17(5)25-26)12-22(28)23-20-9-7-8-10-21(20)27-16(4)11-15(3)24-27/h7-11,14H,12-13H2,1-6H3,(H,23,28). The highest BCUT2D eigenvalue weighted by Crippen LogP contribution is 2.22. The topological polar surface area (TPSA) is 64.7 Å². The smallest absolute Gasteiger partial charge is 0.228 e. The monoisotopic (exact) mass is 379 g/mol. The molecule has 6 heteroatoms. The molecule has 1 N–H and O–H groups in total. The van der Waals surface area contributed by atoms with Crippen LogP contribution in [0.15, 0.2) is 30.3 Å². The Balaban J connectivity index is 1.82. The maximum absolute atomic E-state index is 12.8. The molecule has 0 fully saturated rings. The van der Waals surface area contributed by atoms with Gasteiger partial charge in [0.1, 0.15) is 0 Å². The summed E-state index contributed by atoms with van der Waals surface area (Å²) in [4.78, 5) is 12.8. The van der Waals surface area contributed by atoms with Crippen LogP contribution in [-0.2, 0) is 17.8 Å². The summed E-state index contributed by atoms with van der Waals surface area (Å²) in [6.07, 6.45) is 0.307. The van der Waals surface area contributed by atoms with Crippen LogP contribution in [0.1, 0.15) is 42.2 Å². The van der Waals surface area contributed by atoms with Gasteiger partial charge in [-0.2, -0.15) is 10.2 Å². The molecule has 3 rings (SSSR count). The number of anilines is 1. The van der Waals surface area contributed by atoms with Crippen molar-refractivity contribution in [2.24, 2.45) is 5.92 Å². The van der Waals surface area contributed by atoms with E-state index in [0.29, 0.717) is 12.3 Å². The minimum Gasteiger partial charge on any atom is -0.324 e. The van der Waals surface area contributed by atoms with Gasteiger partial charge in [-0.3, -0.25) is 9.48 Å². The minimum absolute atomic E-state index is 0.0516. The average molecular weight is 380 g/mol. The first-order valence-corrected chi connectivity index (χ1v) is 9.71. The summed E-state index contributed by atoms with van der Waals surface area (Å²) >= 11 is 0. The largest absolute Gasteiger partial charge is 0.324 e. The summed E-state index contributed by atoms with van der Waals surface area (Å²) in [7, 11) is 0. The van der Waals surface area contributed by atoms with Gasteiger partial charge in [-0.25, -0.2) is 4.68 Å². The molecule has 28 heavy (non-hydrogen) atoms. The molecule has 0 saturated heterocycles. The predicted octanol–water partition coefficient (Wildman–Crippen LogP) is 4.14. The van der Waals surface area contributed by atoms with Gasteiger partial charge in [-0.1, -0.05) is 26.0 Å². The van der Waals surface area contributed by atoms with Crippen molar-refractivity contribution in [3.05, 3.63) is 58.7 Å². The lowest BCUT2D eigenvalue weighted by Gasteiger charge is -2.13. The molecule has 2 heterocycles. The Morgan fingerprint density at radius 2 is 1.82 bits per heavy atom. The third-order valence-corrected chi connectivity index (χ3v) is 4.82. The highest BCUT2D eigenvalue weighted by Gasteiger charge is 2.17. The number of hydrogen-bond acceptors (Lipinski definition) is 3. The second-order valence-electron chi connectivity index (χ2n) is 7.81. The van der Waals surface area contributed by atoms with Crippen LogP contribution in [0.4, 0.5) is 5.69 Å². The lowest BCUT2D eigenvalue weighted by molar-refractivity contribution is -0.115. The molecular weight excluding hydrogens is 350 g/mol. The first kappa shape index (κ1) is 19.9. The van der Waals surface area contributed by atoms with Crippen molar-refractivity contribution in [1.82, 2.24) is 19.6 Å². The summed E-state index contributed by atoms with van der Waals surface area (Å²) in [6.45, 7) is 13.2. The lowest BCUT2D eigenvalue weighted by Crippen LogP contribution is -2.17. The van der Waals surface area contributed by atoms with E-state index in [1.54, 1.807) is 0 Å². The fourth-order valence-corrected chi connectivity index (χ4v) is 3.51. The molecule has 0 aliphatic rings. The molecule has 3 aromatic rings. The summed E-state index contributed by atoms with van der Waals surface area (Å²) in [6, 6.07) is 9.76. The Morgan fingerprint density at radius 3 is 2.46 bits per heavy atom. The van der Waals surface area contributed by atoms with E-state index in [-0.39, 0.29) is 5.91 Å². The number of para-hydroxylation sites is 2. The fraction of sp³-hybridized carbons (Fsp3) is 0.409. The number of benzene rings is 1. The van der Waals surface area contributed by atoms with Crippen LogP contribution in [0.2, 0.25) is 0 Å². The Hall–Kier alpha value is -2.89. The maximum atomic E-state index is 12.8. The zero-order valence-corrected chi connectivity index (χ0v) is 17.6. The molecule has 1 aromatic carbocycles. The van der Waals surface area contributed by atoms with Crippen molar-refractivity contribution in [2.45, 2.75) is 54.5 Å².